The lowest BCUT2D eigenvalue weighted by molar-refractivity contribution is -0.137. The predicted molar refractivity (Wildman–Crippen MR) is 70.2 cm³/mol. The number of nitrogens with one attached hydrogen (secondary N) is 2. The molecule has 1 amide bonds. The van der Waals surface area contributed by atoms with E-state index in [9.17, 15) is 14.4 Å². The summed E-state index contributed by atoms with van der Waals surface area (Å²) in [6, 6.07) is 0.872. The summed E-state index contributed by atoms with van der Waals surface area (Å²) >= 11 is 0. The van der Waals surface area contributed by atoms with Crippen molar-refractivity contribution in [3.05, 3.63) is 33.7 Å². The molecular formula is C13H18N2O4. The fraction of sp³-hybridized carbons (Fsp3) is 0.462. The number of carbonyl (C=O) groups excluding carboxylic acids is 1. The molecule has 1 heterocycles. The number of hydrogen-bond acceptors (Lipinski definition) is 3. The lowest BCUT2D eigenvalue weighted by Crippen LogP contribution is -2.38. The fourth-order valence-electron chi connectivity index (χ4n) is 1.80. The summed E-state index contributed by atoms with van der Waals surface area (Å²) < 4.78 is 0. The molecule has 0 aromatic carbocycles. The molecule has 0 spiro atoms. The van der Waals surface area contributed by atoms with Crippen LogP contribution in [0.15, 0.2) is 17.1 Å². The van der Waals surface area contributed by atoms with Crippen molar-refractivity contribution in [2.45, 2.75) is 39.2 Å². The van der Waals surface area contributed by atoms with Gasteiger partial charge in [0.25, 0.3) is 5.91 Å². The van der Waals surface area contributed by atoms with Crippen molar-refractivity contribution in [1.29, 1.82) is 0 Å². The number of H-pyrrole nitrogens is 1. The smallest absolute Gasteiger partial charge is 0.305 e. The van der Waals surface area contributed by atoms with Crippen LogP contribution in [0.3, 0.4) is 0 Å². The van der Waals surface area contributed by atoms with Crippen molar-refractivity contribution in [1.82, 2.24) is 10.3 Å². The molecule has 1 aromatic rings. The second-order valence-electron chi connectivity index (χ2n) is 4.45. The van der Waals surface area contributed by atoms with Crippen molar-refractivity contribution >= 4 is 11.9 Å². The van der Waals surface area contributed by atoms with Gasteiger partial charge in [0.1, 0.15) is 5.56 Å². The Morgan fingerprint density at radius 2 is 2.16 bits per heavy atom. The number of pyridine rings is 1. The van der Waals surface area contributed by atoms with Gasteiger partial charge in [-0.05, 0) is 13.3 Å². The highest BCUT2D eigenvalue weighted by Gasteiger charge is 2.17. The number of carboxylic acid groups (broad SMARTS) is 1. The Morgan fingerprint density at radius 3 is 2.68 bits per heavy atom. The molecule has 1 atom stereocenters. The van der Waals surface area contributed by atoms with Crippen LogP contribution in [0.1, 0.15) is 42.2 Å². The number of aromatic nitrogens is 1. The summed E-state index contributed by atoms with van der Waals surface area (Å²) in [5.74, 6) is -1.52. The highest BCUT2D eigenvalue weighted by Crippen LogP contribution is 2.03. The van der Waals surface area contributed by atoms with Gasteiger partial charge in [-0.3, -0.25) is 14.4 Å². The molecule has 3 N–H and O–H groups in total. The van der Waals surface area contributed by atoms with Crippen molar-refractivity contribution < 1.29 is 14.7 Å². The summed E-state index contributed by atoms with van der Waals surface area (Å²) in [7, 11) is 0. The minimum absolute atomic E-state index is 0.00269. The van der Waals surface area contributed by atoms with Gasteiger partial charge >= 0.3 is 5.97 Å². The predicted octanol–water partition coefficient (Wildman–Crippen LogP) is 1.06. The van der Waals surface area contributed by atoms with Gasteiger partial charge in [0.05, 0.1) is 6.42 Å². The van der Waals surface area contributed by atoms with E-state index >= 15 is 0 Å². The number of amides is 1. The van der Waals surface area contributed by atoms with E-state index in [1.54, 1.807) is 6.92 Å². The first kappa shape index (κ1) is 14.9. The van der Waals surface area contributed by atoms with Crippen LogP contribution < -0.4 is 10.7 Å². The van der Waals surface area contributed by atoms with E-state index in [2.05, 4.69) is 10.3 Å². The zero-order valence-corrected chi connectivity index (χ0v) is 11.0. The average molecular weight is 266 g/mol. The van der Waals surface area contributed by atoms with Gasteiger partial charge in [-0.1, -0.05) is 13.3 Å². The highest BCUT2D eigenvalue weighted by atomic mass is 16.4. The summed E-state index contributed by atoms with van der Waals surface area (Å²) in [5, 5.41) is 11.4. The van der Waals surface area contributed by atoms with Gasteiger partial charge in [0.15, 0.2) is 5.43 Å². The molecule has 6 nitrogen and oxygen atoms in total. The van der Waals surface area contributed by atoms with Crippen LogP contribution in [0.5, 0.6) is 0 Å². The fourth-order valence-corrected chi connectivity index (χ4v) is 1.80. The maximum atomic E-state index is 11.9. The van der Waals surface area contributed by atoms with E-state index < -0.39 is 17.9 Å². The molecule has 19 heavy (non-hydrogen) atoms. The summed E-state index contributed by atoms with van der Waals surface area (Å²) in [6.45, 7) is 3.62. The van der Waals surface area contributed by atoms with Crippen LogP contribution in [0.25, 0.3) is 0 Å². The molecule has 0 radical (unpaired) electrons. The van der Waals surface area contributed by atoms with E-state index in [1.165, 1.54) is 12.3 Å². The number of carboxylic acids is 1. The van der Waals surface area contributed by atoms with E-state index in [1.807, 2.05) is 6.92 Å². The molecule has 0 saturated carbocycles. The molecule has 0 fully saturated rings. The van der Waals surface area contributed by atoms with Crippen LogP contribution in [0.2, 0.25) is 0 Å². The van der Waals surface area contributed by atoms with Crippen molar-refractivity contribution in [3.63, 3.8) is 0 Å². The molecule has 104 valence electrons. The molecular weight excluding hydrogens is 248 g/mol. The standard InChI is InChI=1S/C13H18N2O4/c1-3-4-9(6-12(17)18)15-13(19)10-7-14-8(2)5-11(10)16/h5,7,9H,3-4,6H2,1-2H3,(H,14,16)(H,15,19)(H,17,18). The Bertz CT molecular complexity index is 522. The number of aromatic amines is 1. The Hall–Kier alpha value is -2.11. The molecule has 0 aliphatic carbocycles. The molecule has 0 aliphatic rings. The van der Waals surface area contributed by atoms with E-state index in [-0.39, 0.29) is 17.4 Å². The van der Waals surface area contributed by atoms with Gasteiger partial charge in [-0.15, -0.1) is 0 Å². The maximum Gasteiger partial charge on any atom is 0.305 e. The van der Waals surface area contributed by atoms with Crippen LogP contribution in [0, 0.1) is 6.92 Å². The van der Waals surface area contributed by atoms with Crippen LogP contribution in [-0.4, -0.2) is 28.0 Å². The van der Waals surface area contributed by atoms with Gasteiger partial charge in [0, 0.05) is 24.0 Å². The lowest BCUT2D eigenvalue weighted by Gasteiger charge is -2.15. The quantitative estimate of drug-likeness (QED) is 0.716. The van der Waals surface area contributed by atoms with Crippen LogP contribution >= 0.6 is 0 Å². The third kappa shape index (κ3) is 4.57. The van der Waals surface area contributed by atoms with Crippen LogP contribution in [0.4, 0.5) is 0 Å². The third-order valence-electron chi connectivity index (χ3n) is 2.70. The number of carbonyl (C=O) groups is 2. The van der Waals surface area contributed by atoms with Gasteiger partial charge in [-0.25, -0.2) is 0 Å². The third-order valence-corrected chi connectivity index (χ3v) is 2.70. The molecule has 1 rings (SSSR count). The largest absolute Gasteiger partial charge is 0.481 e. The number of hydrogen-bond donors (Lipinski definition) is 3. The second-order valence-corrected chi connectivity index (χ2v) is 4.45. The van der Waals surface area contributed by atoms with Crippen molar-refractivity contribution in [2.24, 2.45) is 0 Å². The Morgan fingerprint density at radius 1 is 1.47 bits per heavy atom. The second kappa shape index (κ2) is 6.72. The molecule has 0 bridgehead atoms. The normalized spacial score (nSPS) is 11.9. The zero-order valence-electron chi connectivity index (χ0n) is 11.0. The molecule has 0 aliphatic heterocycles. The van der Waals surface area contributed by atoms with Gasteiger partial charge < -0.3 is 15.4 Å². The summed E-state index contributed by atoms with van der Waals surface area (Å²) in [4.78, 5) is 37.1. The minimum atomic E-state index is -0.975. The first-order chi connectivity index (χ1) is 8.93. The van der Waals surface area contributed by atoms with E-state index in [0.717, 1.165) is 6.42 Å². The lowest BCUT2D eigenvalue weighted by atomic mass is 10.1. The molecule has 0 saturated heterocycles. The Balaban J connectivity index is 2.81. The van der Waals surface area contributed by atoms with Gasteiger partial charge in [0.2, 0.25) is 0 Å². The summed E-state index contributed by atoms with van der Waals surface area (Å²) in [5.41, 5.74) is 0.286. The average Bonchev–Trinajstić information content (AvgIpc) is 2.27. The van der Waals surface area contributed by atoms with Crippen LogP contribution in [-0.2, 0) is 4.79 Å². The first-order valence-corrected chi connectivity index (χ1v) is 6.16. The highest BCUT2D eigenvalue weighted by molar-refractivity contribution is 5.94. The van der Waals surface area contributed by atoms with Gasteiger partial charge in [-0.2, -0.15) is 0 Å². The Kier molecular flexibility index (Phi) is 5.29. The maximum absolute atomic E-state index is 11.9. The minimum Gasteiger partial charge on any atom is -0.481 e. The SMILES string of the molecule is CCCC(CC(=O)O)NC(=O)c1c[nH]c(C)cc1=O. The molecule has 1 aromatic heterocycles. The number of aryl methyl sites for hydroxylation is 1. The molecule has 1 unspecified atom stereocenters. The van der Waals surface area contributed by atoms with Crippen molar-refractivity contribution in [3.8, 4) is 0 Å². The number of aliphatic carboxylic acids is 1. The monoisotopic (exact) mass is 266 g/mol. The first-order valence-electron chi connectivity index (χ1n) is 6.16. The summed E-state index contributed by atoms with van der Waals surface area (Å²) in [6.07, 6.45) is 2.50. The zero-order chi connectivity index (χ0) is 14.4. The van der Waals surface area contributed by atoms with E-state index in [0.29, 0.717) is 12.1 Å². The van der Waals surface area contributed by atoms with Crippen molar-refractivity contribution in [2.75, 3.05) is 0 Å². The number of rotatable bonds is 6. The Labute approximate surface area is 110 Å². The molecule has 6 heteroatoms. The topological polar surface area (TPSA) is 99.3 Å². The van der Waals surface area contributed by atoms with E-state index in [4.69, 9.17) is 5.11 Å².